The van der Waals surface area contributed by atoms with Gasteiger partial charge in [0.2, 0.25) is 0 Å². The van der Waals surface area contributed by atoms with Crippen molar-refractivity contribution in [2.75, 3.05) is 0 Å². The van der Waals surface area contributed by atoms with Crippen LogP contribution in [0.3, 0.4) is 0 Å². The molecule has 0 heterocycles. The molecule has 9 nitrogen and oxygen atoms in total. The standard InChI is InChI=1S/C6H13O9S3/c1-2-3-4-5(16(7,8)9)6(17(10,11)12)18(13,14)15/h5H,2-4H2,1H3,(H,7,8,9)(H,10,11,12)(H,13,14,15). The summed E-state index contributed by atoms with van der Waals surface area (Å²) < 4.78 is 89.3. The highest BCUT2D eigenvalue weighted by Gasteiger charge is 2.49. The minimum atomic E-state index is -5.50. The summed E-state index contributed by atoms with van der Waals surface area (Å²) in [6.45, 7) is 1.60. The fraction of sp³-hybridized carbons (Fsp3) is 0.833. The Bertz CT molecular complexity index is 538. The zero-order chi connectivity index (χ0) is 14.8. The fourth-order valence-electron chi connectivity index (χ4n) is 1.24. The van der Waals surface area contributed by atoms with Crippen molar-refractivity contribution in [1.82, 2.24) is 0 Å². The van der Waals surface area contributed by atoms with Crippen molar-refractivity contribution in [3.63, 3.8) is 0 Å². The third-order valence-electron chi connectivity index (χ3n) is 1.95. The number of unbranched alkanes of at least 4 members (excludes halogenated alkanes) is 1. The van der Waals surface area contributed by atoms with Crippen molar-refractivity contribution < 1.29 is 38.9 Å². The maximum atomic E-state index is 11.0. The van der Waals surface area contributed by atoms with Gasteiger partial charge in [-0.1, -0.05) is 19.8 Å². The van der Waals surface area contributed by atoms with Gasteiger partial charge in [0.15, 0.2) is 0 Å². The van der Waals surface area contributed by atoms with E-state index in [0.29, 0.717) is 6.42 Å². The van der Waals surface area contributed by atoms with Crippen LogP contribution in [0.25, 0.3) is 0 Å². The van der Waals surface area contributed by atoms with Crippen molar-refractivity contribution in [2.24, 2.45) is 0 Å². The molecule has 0 rings (SSSR count). The van der Waals surface area contributed by atoms with Gasteiger partial charge in [0.05, 0.1) is 0 Å². The van der Waals surface area contributed by atoms with E-state index in [1.807, 2.05) is 0 Å². The van der Waals surface area contributed by atoms with Crippen LogP contribution in [-0.2, 0) is 30.4 Å². The summed E-state index contributed by atoms with van der Waals surface area (Å²) in [4.78, 5) is 0. The van der Waals surface area contributed by atoms with Crippen LogP contribution in [0.15, 0.2) is 0 Å². The van der Waals surface area contributed by atoms with E-state index < -0.39 is 46.6 Å². The van der Waals surface area contributed by atoms with Crippen LogP contribution in [0.1, 0.15) is 26.2 Å². The molecule has 12 heteroatoms. The van der Waals surface area contributed by atoms with Gasteiger partial charge in [0.1, 0.15) is 5.25 Å². The van der Waals surface area contributed by atoms with E-state index in [9.17, 15) is 25.3 Å². The smallest absolute Gasteiger partial charge is 0.285 e. The van der Waals surface area contributed by atoms with Crippen LogP contribution in [0.2, 0.25) is 0 Å². The van der Waals surface area contributed by atoms with Gasteiger partial charge in [-0.3, -0.25) is 13.7 Å². The molecule has 109 valence electrons. The number of hydrogen-bond donors (Lipinski definition) is 3. The van der Waals surface area contributed by atoms with Crippen molar-refractivity contribution >= 4 is 30.4 Å². The van der Waals surface area contributed by atoms with Gasteiger partial charge < -0.3 is 0 Å². The zero-order valence-electron chi connectivity index (χ0n) is 9.21. The molecule has 0 aliphatic rings. The molecule has 1 radical (unpaired) electrons. The topological polar surface area (TPSA) is 163 Å². The molecule has 0 amide bonds. The van der Waals surface area contributed by atoms with Crippen molar-refractivity contribution in [1.29, 1.82) is 0 Å². The second-order valence-corrected chi connectivity index (χ2v) is 8.05. The van der Waals surface area contributed by atoms with Gasteiger partial charge >= 0.3 is 0 Å². The maximum Gasteiger partial charge on any atom is 0.292 e. The fourth-order valence-corrected chi connectivity index (χ4v) is 5.37. The second kappa shape index (κ2) is 5.79. The highest BCUT2D eigenvalue weighted by atomic mass is 32.3. The van der Waals surface area contributed by atoms with E-state index in [1.165, 1.54) is 0 Å². The summed E-state index contributed by atoms with van der Waals surface area (Å²) >= 11 is 0. The first-order chi connectivity index (χ1) is 7.81. The number of hydrogen-bond acceptors (Lipinski definition) is 6. The lowest BCUT2D eigenvalue weighted by molar-refractivity contribution is 0.443. The molecular formula is C6H13O9S3. The average molecular weight is 325 g/mol. The van der Waals surface area contributed by atoms with Crippen LogP contribution in [-0.4, -0.2) is 44.2 Å². The number of rotatable bonds is 7. The van der Waals surface area contributed by atoms with Crippen LogP contribution in [0.4, 0.5) is 0 Å². The quantitative estimate of drug-likeness (QED) is 0.533. The average Bonchev–Trinajstić information content (AvgIpc) is 2.05. The van der Waals surface area contributed by atoms with Crippen molar-refractivity contribution in [2.45, 2.75) is 31.4 Å². The Labute approximate surface area is 105 Å². The molecule has 3 N–H and O–H groups in total. The monoisotopic (exact) mass is 325 g/mol. The first-order valence-corrected chi connectivity index (χ1v) is 8.98. The highest BCUT2D eigenvalue weighted by molar-refractivity contribution is 8.09. The lowest BCUT2D eigenvalue weighted by Gasteiger charge is -2.18. The van der Waals surface area contributed by atoms with Gasteiger partial charge in [0, 0.05) is 0 Å². The van der Waals surface area contributed by atoms with Crippen LogP contribution < -0.4 is 0 Å². The molecule has 0 aromatic rings. The molecule has 0 aliphatic heterocycles. The van der Waals surface area contributed by atoms with E-state index >= 15 is 0 Å². The lowest BCUT2D eigenvalue weighted by Crippen LogP contribution is -2.37. The molecule has 0 saturated heterocycles. The predicted octanol–water partition coefficient (Wildman–Crippen LogP) is -0.302. The highest BCUT2D eigenvalue weighted by Crippen LogP contribution is 2.29. The van der Waals surface area contributed by atoms with Gasteiger partial charge in [-0.25, -0.2) is 0 Å². The second-order valence-electron chi connectivity index (χ2n) is 3.42. The Balaban J connectivity index is 5.83. The molecule has 0 fully saturated rings. The van der Waals surface area contributed by atoms with E-state index in [4.69, 9.17) is 13.7 Å². The van der Waals surface area contributed by atoms with Gasteiger partial charge in [-0.2, -0.15) is 25.3 Å². The summed E-state index contributed by atoms with van der Waals surface area (Å²) in [5, 5.41) is -2.43. The Hall–Kier alpha value is -0.270. The molecule has 0 aromatic heterocycles. The first kappa shape index (κ1) is 17.7. The third-order valence-corrected chi connectivity index (χ3v) is 6.29. The van der Waals surface area contributed by atoms with E-state index in [1.54, 1.807) is 6.92 Å². The van der Waals surface area contributed by atoms with Crippen LogP contribution in [0.5, 0.6) is 0 Å². The third kappa shape index (κ3) is 5.16. The normalized spacial score (nSPS) is 15.8. The summed E-state index contributed by atoms with van der Waals surface area (Å²) in [6.07, 6.45) is -0.153. The molecule has 0 bridgehead atoms. The molecule has 0 spiro atoms. The summed E-state index contributed by atoms with van der Waals surface area (Å²) in [6, 6.07) is 0. The first-order valence-electron chi connectivity index (χ1n) is 4.60. The largest absolute Gasteiger partial charge is 0.292 e. The summed E-state index contributed by atoms with van der Waals surface area (Å²) in [5.41, 5.74) is 0. The summed E-state index contributed by atoms with van der Waals surface area (Å²) in [7, 11) is -16.1. The zero-order valence-corrected chi connectivity index (χ0v) is 11.7. The molecule has 1 unspecified atom stereocenters. The molecular weight excluding hydrogens is 312 g/mol. The van der Waals surface area contributed by atoms with Gasteiger partial charge in [-0.15, -0.1) is 0 Å². The Kier molecular flexibility index (Phi) is 5.71. The SMILES string of the molecule is CCCCC([C](S(=O)(=O)O)S(=O)(=O)O)S(=O)(=O)O. The van der Waals surface area contributed by atoms with Crippen molar-refractivity contribution in [3.05, 3.63) is 4.58 Å². The lowest BCUT2D eigenvalue weighted by atomic mass is 10.2. The van der Waals surface area contributed by atoms with E-state index in [0.717, 1.165) is 0 Å². The molecule has 0 aromatic carbocycles. The maximum absolute atomic E-state index is 11.0. The van der Waals surface area contributed by atoms with Crippen molar-refractivity contribution in [3.8, 4) is 0 Å². The molecule has 18 heavy (non-hydrogen) atoms. The Morgan fingerprint density at radius 3 is 1.56 bits per heavy atom. The Morgan fingerprint density at radius 1 is 0.944 bits per heavy atom. The molecule has 1 atom stereocenters. The minimum Gasteiger partial charge on any atom is -0.285 e. The van der Waals surface area contributed by atoms with E-state index in [-0.39, 0.29) is 6.42 Å². The van der Waals surface area contributed by atoms with Gasteiger partial charge in [0.25, 0.3) is 34.9 Å². The predicted molar refractivity (Wildman–Crippen MR) is 61.2 cm³/mol. The van der Waals surface area contributed by atoms with E-state index in [2.05, 4.69) is 0 Å². The molecule has 0 saturated carbocycles. The minimum absolute atomic E-state index is 0.0546. The molecule has 0 aliphatic carbocycles. The van der Waals surface area contributed by atoms with Gasteiger partial charge in [-0.05, 0) is 6.42 Å². The summed E-state index contributed by atoms with van der Waals surface area (Å²) in [5.74, 6) is 0. The van der Waals surface area contributed by atoms with Crippen LogP contribution >= 0.6 is 0 Å². The Morgan fingerprint density at radius 2 is 1.33 bits per heavy atom. The van der Waals surface area contributed by atoms with Crippen LogP contribution in [0, 0.1) is 4.58 Å².